The molecule has 8 nitrogen and oxygen atoms in total. The minimum atomic E-state index is -0.353. The molecule has 3 aromatic rings. The van der Waals surface area contributed by atoms with Gasteiger partial charge in [-0.1, -0.05) is 23.9 Å². The molecule has 2 aromatic carbocycles. The standard InChI is InChI=1S/C17H14N4O4S/c18-21-16(23)11-3-1-2-4-12(11)20-17(21)26-8-15(22)19-10-5-6-13-14(7-10)25-9-24-13/h1-7H,8-9,18H2,(H,19,22). The summed E-state index contributed by atoms with van der Waals surface area (Å²) in [6, 6.07) is 12.1. The number of thioether (sulfide) groups is 1. The van der Waals surface area contributed by atoms with E-state index in [2.05, 4.69) is 10.3 Å². The number of aromatic nitrogens is 2. The summed E-state index contributed by atoms with van der Waals surface area (Å²) < 4.78 is 11.5. The van der Waals surface area contributed by atoms with Crippen LogP contribution in [0.25, 0.3) is 10.9 Å². The van der Waals surface area contributed by atoms with Gasteiger partial charge in [0.25, 0.3) is 5.56 Å². The van der Waals surface area contributed by atoms with Crippen LogP contribution >= 0.6 is 11.8 Å². The van der Waals surface area contributed by atoms with Crippen LogP contribution < -0.4 is 26.2 Å². The Morgan fingerprint density at radius 1 is 1.23 bits per heavy atom. The zero-order chi connectivity index (χ0) is 18.1. The van der Waals surface area contributed by atoms with Crippen LogP contribution in [0.5, 0.6) is 11.5 Å². The summed E-state index contributed by atoms with van der Waals surface area (Å²) in [6.07, 6.45) is 0. The molecular formula is C17H14N4O4S. The molecule has 1 aliphatic rings. The van der Waals surface area contributed by atoms with Gasteiger partial charge < -0.3 is 20.6 Å². The van der Waals surface area contributed by atoms with E-state index in [9.17, 15) is 9.59 Å². The zero-order valence-corrected chi connectivity index (χ0v) is 14.3. The first-order valence-electron chi connectivity index (χ1n) is 7.71. The summed E-state index contributed by atoms with van der Waals surface area (Å²) >= 11 is 1.09. The van der Waals surface area contributed by atoms with Crippen molar-refractivity contribution in [2.45, 2.75) is 5.16 Å². The highest BCUT2D eigenvalue weighted by Gasteiger charge is 2.15. The molecule has 0 fully saturated rings. The first-order chi connectivity index (χ1) is 12.6. The lowest BCUT2D eigenvalue weighted by molar-refractivity contribution is -0.113. The summed E-state index contributed by atoms with van der Waals surface area (Å²) in [5.41, 5.74) is 0.781. The summed E-state index contributed by atoms with van der Waals surface area (Å²) in [7, 11) is 0. The Morgan fingerprint density at radius 2 is 2.04 bits per heavy atom. The van der Waals surface area contributed by atoms with E-state index in [4.69, 9.17) is 15.3 Å². The molecule has 0 unspecified atom stereocenters. The molecule has 4 rings (SSSR count). The third-order valence-electron chi connectivity index (χ3n) is 3.76. The SMILES string of the molecule is Nn1c(SCC(=O)Nc2ccc3c(c2)OCO3)nc2ccccc2c1=O. The number of amides is 1. The van der Waals surface area contributed by atoms with Crippen molar-refractivity contribution in [2.24, 2.45) is 0 Å². The number of nitrogens with two attached hydrogens (primary N) is 1. The van der Waals surface area contributed by atoms with E-state index in [1.54, 1.807) is 42.5 Å². The highest BCUT2D eigenvalue weighted by Crippen LogP contribution is 2.34. The van der Waals surface area contributed by atoms with E-state index < -0.39 is 0 Å². The fourth-order valence-corrected chi connectivity index (χ4v) is 3.25. The van der Waals surface area contributed by atoms with Crippen LogP contribution in [0, 0.1) is 0 Å². The number of ether oxygens (including phenoxy) is 2. The predicted octanol–water partition coefficient (Wildman–Crippen LogP) is 1.57. The van der Waals surface area contributed by atoms with Crippen molar-refractivity contribution in [1.82, 2.24) is 9.66 Å². The van der Waals surface area contributed by atoms with Crippen molar-refractivity contribution in [3.63, 3.8) is 0 Å². The predicted molar refractivity (Wildman–Crippen MR) is 98.1 cm³/mol. The van der Waals surface area contributed by atoms with E-state index in [1.807, 2.05) is 0 Å². The van der Waals surface area contributed by atoms with Crippen LogP contribution in [-0.4, -0.2) is 28.1 Å². The van der Waals surface area contributed by atoms with Crippen molar-refractivity contribution < 1.29 is 14.3 Å². The van der Waals surface area contributed by atoms with E-state index in [0.29, 0.717) is 28.1 Å². The highest BCUT2D eigenvalue weighted by atomic mass is 32.2. The number of para-hydroxylation sites is 1. The molecule has 0 saturated heterocycles. The second-order valence-electron chi connectivity index (χ2n) is 5.49. The molecule has 1 amide bonds. The van der Waals surface area contributed by atoms with E-state index in [1.165, 1.54) is 0 Å². The number of nitrogens with one attached hydrogen (secondary N) is 1. The molecule has 0 radical (unpaired) electrons. The van der Waals surface area contributed by atoms with E-state index >= 15 is 0 Å². The molecule has 1 aromatic heterocycles. The van der Waals surface area contributed by atoms with Crippen LogP contribution in [-0.2, 0) is 4.79 Å². The van der Waals surface area contributed by atoms with Gasteiger partial charge in [-0.2, -0.15) is 0 Å². The van der Waals surface area contributed by atoms with Gasteiger partial charge in [0, 0.05) is 11.8 Å². The number of benzene rings is 2. The number of fused-ring (bicyclic) bond motifs is 2. The minimum Gasteiger partial charge on any atom is -0.454 e. The van der Waals surface area contributed by atoms with Gasteiger partial charge in [-0.05, 0) is 24.3 Å². The second kappa shape index (κ2) is 6.60. The van der Waals surface area contributed by atoms with Gasteiger partial charge >= 0.3 is 0 Å². The van der Waals surface area contributed by atoms with Gasteiger partial charge in [-0.25, -0.2) is 9.66 Å². The van der Waals surface area contributed by atoms with E-state index in [0.717, 1.165) is 16.4 Å². The quantitative estimate of drug-likeness (QED) is 0.408. The molecule has 0 saturated carbocycles. The molecule has 2 heterocycles. The highest BCUT2D eigenvalue weighted by molar-refractivity contribution is 7.99. The van der Waals surface area contributed by atoms with Gasteiger partial charge in [0.05, 0.1) is 16.7 Å². The molecular weight excluding hydrogens is 356 g/mol. The number of carbonyl (C=O) groups excluding carboxylic acids is 1. The summed E-state index contributed by atoms with van der Waals surface area (Å²) in [5.74, 6) is 6.84. The number of nitrogens with zero attached hydrogens (tertiary/aromatic N) is 2. The molecule has 26 heavy (non-hydrogen) atoms. The number of hydrogen-bond donors (Lipinski definition) is 2. The Bertz CT molecular complexity index is 1070. The molecule has 0 bridgehead atoms. The van der Waals surface area contributed by atoms with Crippen molar-refractivity contribution in [3.8, 4) is 11.5 Å². The van der Waals surface area contributed by atoms with Gasteiger partial charge in [0.1, 0.15) is 0 Å². The minimum absolute atomic E-state index is 0.0520. The number of rotatable bonds is 4. The van der Waals surface area contributed by atoms with Crippen molar-refractivity contribution in [1.29, 1.82) is 0 Å². The number of carbonyl (C=O) groups is 1. The van der Waals surface area contributed by atoms with Crippen LogP contribution in [0.1, 0.15) is 0 Å². The van der Waals surface area contributed by atoms with Gasteiger partial charge in [0.2, 0.25) is 12.7 Å². The largest absolute Gasteiger partial charge is 0.454 e. The van der Waals surface area contributed by atoms with Gasteiger partial charge in [-0.15, -0.1) is 0 Å². The lowest BCUT2D eigenvalue weighted by atomic mass is 10.2. The topological polar surface area (TPSA) is 108 Å². The summed E-state index contributed by atoms with van der Waals surface area (Å²) in [5, 5.41) is 3.47. The lowest BCUT2D eigenvalue weighted by Crippen LogP contribution is -2.30. The van der Waals surface area contributed by atoms with E-state index in [-0.39, 0.29) is 29.2 Å². The normalized spacial score (nSPS) is 12.3. The average Bonchev–Trinajstić information content (AvgIpc) is 3.11. The molecule has 9 heteroatoms. The monoisotopic (exact) mass is 370 g/mol. The smallest absolute Gasteiger partial charge is 0.280 e. The second-order valence-corrected chi connectivity index (χ2v) is 6.43. The third-order valence-corrected chi connectivity index (χ3v) is 4.72. The van der Waals surface area contributed by atoms with Crippen molar-refractivity contribution >= 4 is 34.3 Å². The average molecular weight is 370 g/mol. The number of anilines is 1. The number of hydrogen-bond acceptors (Lipinski definition) is 7. The zero-order valence-electron chi connectivity index (χ0n) is 13.5. The fraction of sp³-hybridized carbons (Fsp3) is 0.118. The Labute approximate surface area is 151 Å². The third kappa shape index (κ3) is 3.04. The molecule has 132 valence electrons. The summed E-state index contributed by atoms with van der Waals surface area (Å²) in [6.45, 7) is 0.171. The molecule has 0 aliphatic carbocycles. The first-order valence-corrected chi connectivity index (χ1v) is 8.69. The Hall–Kier alpha value is -3.20. The molecule has 0 spiro atoms. The van der Waals surface area contributed by atoms with Crippen LogP contribution in [0.4, 0.5) is 5.69 Å². The molecule has 0 atom stereocenters. The Kier molecular flexibility index (Phi) is 4.13. The first kappa shape index (κ1) is 16.3. The van der Waals surface area contributed by atoms with Crippen LogP contribution in [0.15, 0.2) is 52.4 Å². The molecule has 3 N–H and O–H groups in total. The Balaban J connectivity index is 1.47. The van der Waals surface area contributed by atoms with Crippen molar-refractivity contribution in [2.75, 3.05) is 23.7 Å². The maximum Gasteiger partial charge on any atom is 0.280 e. The maximum atomic E-state index is 12.3. The summed E-state index contributed by atoms with van der Waals surface area (Å²) in [4.78, 5) is 28.8. The van der Waals surface area contributed by atoms with Gasteiger partial charge in [0.15, 0.2) is 16.7 Å². The number of nitrogen functional groups attached to an aromatic ring is 1. The maximum absolute atomic E-state index is 12.3. The van der Waals surface area contributed by atoms with Crippen molar-refractivity contribution in [3.05, 3.63) is 52.8 Å². The fourth-order valence-electron chi connectivity index (χ4n) is 2.53. The lowest BCUT2D eigenvalue weighted by Gasteiger charge is -2.09. The molecule has 1 aliphatic heterocycles. The van der Waals surface area contributed by atoms with Gasteiger partial charge in [-0.3, -0.25) is 9.59 Å². The van der Waals surface area contributed by atoms with Crippen LogP contribution in [0.2, 0.25) is 0 Å². The Morgan fingerprint density at radius 3 is 2.92 bits per heavy atom. The van der Waals surface area contributed by atoms with Crippen LogP contribution in [0.3, 0.4) is 0 Å².